The van der Waals surface area contributed by atoms with Crippen LogP contribution in [0.15, 0.2) is 54.9 Å². The number of nitrogens with two attached hydrogens (primary N) is 1. The Morgan fingerprint density at radius 2 is 1.59 bits per heavy atom. The summed E-state index contributed by atoms with van der Waals surface area (Å²) in [5.41, 5.74) is 8.77. The number of halogens is 1. The van der Waals surface area contributed by atoms with Crippen molar-refractivity contribution in [3.8, 4) is 5.75 Å². The molecule has 0 radical (unpaired) electrons. The second kappa shape index (κ2) is 8.22. The second-order valence-electron chi connectivity index (χ2n) is 6.76. The van der Waals surface area contributed by atoms with Crippen LogP contribution in [-0.4, -0.2) is 43.3 Å². The Balaban J connectivity index is 1.45. The predicted molar refractivity (Wildman–Crippen MR) is 114 cm³/mol. The third-order valence-corrected chi connectivity index (χ3v) is 4.99. The van der Waals surface area contributed by atoms with Gasteiger partial charge in [-0.2, -0.15) is 0 Å². The van der Waals surface area contributed by atoms with E-state index >= 15 is 0 Å². The second-order valence-corrected chi connectivity index (χ2v) is 6.76. The maximum atomic E-state index is 13.1. The first-order valence-corrected chi connectivity index (χ1v) is 9.41. The molecule has 0 unspecified atom stereocenters. The minimum Gasteiger partial charge on any atom is -0.497 e. The van der Waals surface area contributed by atoms with Crippen LogP contribution in [0.1, 0.15) is 0 Å². The Bertz CT molecular complexity index is 956. The smallest absolute Gasteiger partial charge is 0.159 e. The molecule has 0 aliphatic carbocycles. The largest absolute Gasteiger partial charge is 0.497 e. The SMILES string of the molecule is COc1ccc(Nc2ncnc(N3CCN(c4ccc(F)cc4)CC3)c2N)cc1. The van der Waals surface area contributed by atoms with Crippen LogP contribution in [0.4, 0.5) is 33.1 Å². The lowest BCUT2D eigenvalue weighted by molar-refractivity contribution is 0.415. The zero-order valence-electron chi connectivity index (χ0n) is 16.2. The lowest BCUT2D eigenvalue weighted by atomic mass is 10.2. The molecule has 3 N–H and O–H groups in total. The summed E-state index contributed by atoms with van der Waals surface area (Å²) in [6.07, 6.45) is 1.52. The van der Waals surface area contributed by atoms with Crippen LogP contribution in [-0.2, 0) is 0 Å². The molecule has 7 nitrogen and oxygen atoms in total. The molecule has 1 aromatic heterocycles. The summed E-state index contributed by atoms with van der Waals surface area (Å²) >= 11 is 0. The van der Waals surface area contributed by atoms with E-state index in [1.54, 1.807) is 19.2 Å². The Morgan fingerprint density at radius 1 is 0.931 bits per heavy atom. The molecular formula is C21H23FN6O. The van der Waals surface area contributed by atoms with Crippen LogP contribution in [0.25, 0.3) is 0 Å². The normalized spacial score (nSPS) is 14.0. The van der Waals surface area contributed by atoms with Crippen LogP contribution in [0.2, 0.25) is 0 Å². The number of benzene rings is 2. The Morgan fingerprint density at radius 3 is 2.24 bits per heavy atom. The van der Waals surface area contributed by atoms with Gasteiger partial charge < -0.3 is 25.6 Å². The fourth-order valence-electron chi connectivity index (χ4n) is 3.38. The van der Waals surface area contributed by atoms with Crippen LogP contribution in [0, 0.1) is 5.82 Å². The molecular weight excluding hydrogens is 371 g/mol. The molecule has 2 heterocycles. The van der Waals surface area contributed by atoms with Crippen LogP contribution in [0.3, 0.4) is 0 Å². The fourth-order valence-corrected chi connectivity index (χ4v) is 3.38. The van der Waals surface area contributed by atoms with Crippen molar-refractivity contribution in [3.63, 3.8) is 0 Å². The number of rotatable bonds is 5. The highest BCUT2D eigenvalue weighted by molar-refractivity contribution is 5.78. The van der Waals surface area contributed by atoms with Crippen molar-refractivity contribution in [1.82, 2.24) is 9.97 Å². The van der Waals surface area contributed by atoms with Gasteiger partial charge in [-0.1, -0.05) is 0 Å². The first-order valence-electron chi connectivity index (χ1n) is 9.41. The average molecular weight is 394 g/mol. The van der Waals surface area contributed by atoms with Crippen molar-refractivity contribution in [2.24, 2.45) is 0 Å². The van der Waals surface area contributed by atoms with E-state index in [9.17, 15) is 4.39 Å². The van der Waals surface area contributed by atoms with Gasteiger partial charge in [-0.15, -0.1) is 0 Å². The lowest BCUT2D eigenvalue weighted by Crippen LogP contribution is -2.47. The van der Waals surface area contributed by atoms with E-state index in [0.717, 1.165) is 49.1 Å². The number of ether oxygens (including phenoxy) is 1. The molecule has 0 bridgehead atoms. The van der Waals surface area contributed by atoms with E-state index in [4.69, 9.17) is 10.5 Å². The van der Waals surface area contributed by atoms with Crippen LogP contribution < -0.4 is 25.6 Å². The highest BCUT2D eigenvalue weighted by Gasteiger charge is 2.21. The molecule has 1 aliphatic rings. The maximum Gasteiger partial charge on any atom is 0.159 e. The number of hydrogen-bond donors (Lipinski definition) is 2. The van der Waals surface area contributed by atoms with E-state index in [1.165, 1.54) is 18.5 Å². The molecule has 0 saturated carbocycles. The van der Waals surface area contributed by atoms with Gasteiger partial charge in [0.1, 0.15) is 23.6 Å². The molecule has 1 aliphatic heterocycles. The molecule has 29 heavy (non-hydrogen) atoms. The number of nitrogens with zero attached hydrogens (tertiary/aromatic N) is 4. The van der Waals surface area contributed by atoms with Gasteiger partial charge in [-0.25, -0.2) is 14.4 Å². The molecule has 1 fully saturated rings. The molecule has 0 atom stereocenters. The average Bonchev–Trinajstić information content (AvgIpc) is 2.76. The summed E-state index contributed by atoms with van der Waals surface area (Å²) in [5.74, 6) is 1.85. The zero-order valence-corrected chi connectivity index (χ0v) is 16.2. The standard InChI is InChI=1S/C21H23FN6O/c1-29-18-8-4-16(5-9-18)26-20-19(23)21(25-14-24-20)28-12-10-27(11-13-28)17-6-2-15(22)3-7-17/h2-9,14H,10-13,23H2,1H3,(H,24,25,26). The number of aromatic nitrogens is 2. The Kier molecular flexibility index (Phi) is 5.33. The van der Waals surface area contributed by atoms with Gasteiger partial charge in [0.25, 0.3) is 0 Å². The molecule has 2 aromatic carbocycles. The summed E-state index contributed by atoms with van der Waals surface area (Å²) in [4.78, 5) is 13.1. The number of nitrogen functional groups attached to an aromatic ring is 1. The number of hydrogen-bond acceptors (Lipinski definition) is 7. The Hall–Kier alpha value is -3.55. The van der Waals surface area contributed by atoms with E-state index < -0.39 is 0 Å². The summed E-state index contributed by atoms with van der Waals surface area (Å²) < 4.78 is 18.3. The summed E-state index contributed by atoms with van der Waals surface area (Å²) in [5, 5.41) is 3.24. The topological polar surface area (TPSA) is 79.5 Å². The minimum absolute atomic E-state index is 0.224. The monoisotopic (exact) mass is 394 g/mol. The predicted octanol–water partition coefficient (Wildman–Crippen LogP) is 3.28. The van der Waals surface area contributed by atoms with Gasteiger partial charge in [0.15, 0.2) is 11.6 Å². The quantitative estimate of drug-likeness (QED) is 0.687. The highest BCUT2D eigenvalue weighted by Crippen LogP contribution is 2.30. The number of anilines is 5. The summed E-state index contributed by atoms with van der Waals surface area (Å²) in [6, 6.07) is 14.1. The van der Waals surface area contributed by atoms with Crippen molar-refractivity contribution < 1.29 is 9.13 Å². The van der Waals surface area contributed by atoms with Gasteiger partial charge in [-0.3, -0.25) is 0 Å². The zero-order chi connectivity index (χ0) is 20.2. The van der Waals surface area contributed by atoms with Gasteiger partial charge in [0.2, 0.25) is 0 Å². The van der Waals surface area contributed by atoms with Crippen LogP contribution in [0.5, 0.6) is 5.75 Å². The molecule has 4 rings (SSSR count). The van der Waals surface area contributed by atoms with Crippen molar-refractivity contribution in [3.05, 3.63) is 60.7 Å². The first kappa shape index (κ1) is 18.8. The van der Waals surface area contributed by atoms with E-state index in [0.29, 0.717) is 11.5 Å². The van der Waals surface area contributed by atoms with Crippen molar-refractivity contribution in [1.29, 1.82) is 0 Å². The molecule has 0 amide bonds. The number of nitrogens with one attached hydrogen (secondary N) is 1. The van der Waals surface area contributed by atoms with Gasteiger partial charge in [0.05, 0.1) is 7.11 Å². The highest BCUT2D eigenvalue weighted by atomic mass is 19.1. The number of methoxy groups -OCH3 is 1. The maximum absolute atomic E-state index is 13.1. The third kappa shape index (κ3) is 4.16. The molecule has 0 spiro atoms. The van der Waals surface area contributed by atoms with E-state index in [1.807, 2.05) is 24.3 Å². The molecule has 1 saturated heterocycles. The fraction of sp³-hybridized carbons (Fsp3) is 0.238. The molecule has 8 heteroatoms. The van der Waals surface area contributed by atoms with Crippen molar-refractivity contribution in [2.45, 2.75) is 0 Å². The van der Waals surface area contributed by atoms with Gasteiger partial charge in [-0.05, 0) is 48.5 Å². The minimum atomic E-state index is -0.224. The van der Waals surface area contributed by atoms with Crippen molar-refractivity contribution >= 4 is 28.7 Å². The molecule has 3 aromatic rings. The lowest BCUT2D eigenvalue weighted by Gasteiger charge is -2.37. The van der Waals surface area contributed by atoms with Crippen molar-refractivity contribution in [2.75, 3.05) is 54.1 Å². The van der Waals surface area contributed by atoms with E-state index in [2.05, 4.69) is 25.1 Å². The van der Waals surface area contributed by atoms with Gasteiger partial charge >= 0.3 is 0 Å². The molecule has 150 valence electrons. The summed E-state index contributed by atoms with van der Waals surface area (Å²) in [6.45, 7) is 3.13. The number of piperazine rings is 1. The van der Waals surface area contributed by atoms with Crippen LogP contribution >= 0.6 is 0 Å². The first-order chi connectivity index (χ1) is 14.1. The Labute approximate surface area is 168 Å². The summed E-state index contributed by atoms with van der Waals surface area (Å²) in [7, 11) is 1.63. The van der Waals surface area contributed by atoms with Gasteiger partial charge in [0, 0.05) is 37.6 Å². The third-order valence-electron chi connectivity index (χ3n) is 4.99. The van der Waals surface area contributed by atoms with E-state index in [-0.39, 0.29) is 5.82 Å².